The molecule has 1 aliphatic carbocycles. The standard InChI is InChI=1S/C21H20N2O/c1-14-10-11-16-18(12-14)23-17-8-5-9-19(24)20(17)21(16)22-13-15-6-3-2-4-7-15/h2-4,6-7,10-12H,5,8-9,13H2,1H3,(H,22,23). The van der Waals surface area contributed by atoms with Crippen LogP contribution in [0.3, 0.4) is 0 Å². The molecule has 3 nitrogen and oxygen atoms in total. The summed E-state index contributed by atoms with van der Waals surface area (Å²) in [5.74, 6) is 0.210. The molecule has 1 aliphatic rings. The Morgan fingerprint density at radius 1 is 1.08 bits per heavy atom. The summed E-state index contributed by atoms with van der Waals surface area (Å²) in [6.07, 6.45) is 2.39. The maximum atomic E-state index is 12.5. The van der Waals surface area contributed by atoms with Crippen molar-refractivity contribution in [2.24, 2.45) is 0 Å². The van der Waals surface area contributed by atoms with Gasteiger partial charge in [-0.25, -0.2) is 0 Å². The Morgan fingerprint density at radius 2 is 1.92 bits per heavy atom. The molecule has 1 heterocycles. The van der Waals surface area contributed by atoms with Gasteiger partial charge in [-0.15, -0.1) is 0 Å². The molecule has 1 aromatic heterocycles. The number of carbonyl (C=O) groups excluding carboxylic acids is 1. The first-order valence-electron chi connectivity index (χ1n) is 8.46. The van der Waals surface area contributed by atoms with Crippen LogP contribution >= 0.6 is 0 Å². The van der Waals surface area contributed by atoms with E-state index in [0.717, 1.165) is 40.7 Å². The topological polar surface area (TPSA) is 42.0 Å². The minimum absolute atomic E-state index is 0.210. The van der Waals surface area contributed by atoms with E-state index in [4.69, 9.17) is 4.98 Å². The molecule has 0 amide bonds. The first kappa shape index (κ1) is 14.9. The predicted octanol–water partition coefficient (Wildman–Crippen LogP) is 4.67. The van der Waals surface area contributed by atoms with Crippen molar-refractivity contribution in [3.63, 3.8) is 0 Å². The van der Waals surface area contributed by atoms with Crippen LogP contribution < -0.4 is 5.32 Å². The lowest BCUT2D eigenvalue weighted by Gasteiger charge is -2.21. The van der Waals surface area contributed by atoms with E-state index >= 15 is 0 Å². The van der Waals surface area contributed by atoms with Gasteiger partial charge >= 0.3 is 0 Å². The quantitative estimate of drug-likeness (QED) is 0.763. The van der Waals surface area contributed by atoms with Crippen LogP contribution in [0.4, 0.5) is 5.69 Å². The summed E-state index contributed by atoms with van der Waals surface area (Å²) in [6.45, 7) is 2.77. The fourth-order valence-electron chi connectivity index (χ4n) is 3.42. The van der Waals surface area contributed by atoms with E-state index in [-0.39, 0.29) is 5.78 Å². The maximum absolute atomic E-state index is 12.5. The van der Waals surface area contributed by atoms with Gasteiger partial charge in [-0.1, -0.05) is 42.5 Å². The number of ketones is 1. The number of aromatic nitrogens is 1. The summed E-state index contributed by atoms with van der Waals surface area (Å²) in [7, 11) is 0. The molecule has 0 fully saturated rings. The Kier molecular flexibility index (Phi) is 3.77. The fourth-order valence-corrected chi connectivity index (χ4v) is 3.42. The summed E-state index contributed by atoms with van der Waals surface area (Å²) < 4.78 is 0. The molecule has 0 saturated carbocycles. The van der Waals surface area contributed by atoms with Crippen LogP contribution in [0, 0.1) is 6.92 Å². The van der Waals surface area contributed by atoms with Gasteiger partial charge in [0, 0.05) is 18.4 Å². The minimum Gasteiger partial charge on any atom is -0.380 e. The maximum Gasteiger partial charge on any atom is 0.166 e. The largest absolute Gasteiger partial charge is 0.380 e. The summed E-state index contributed by atoms with van der Waals surface area (Å²) in [4.78, 5) is 17.3. The zero-order valence-corrected chi connectivity index (χ0v) is 13.8. The first-order valence-corrected chi connectivity index (χ1v) is 8.46. The summed E-state index contributed by atoms with van der Waals surface area (Å²) >= 11 is 0. The molecule has 0 aliphatic heterocycles. The molecule has 0 spiro atoms. The van der Waals surface area contributed by atoms with Crippen LogP contribution in [0.15, 0.2) is 48.5 Å². The molecule has 3 aromatic rings. The monoisotopic (exact) mass is 316 g/mol. The number of carbonyl (C=O) groups is 1. The third kappa shape index (κ3) is 2.67. The van der Waals surface area contributed by atoms with Gasteiger partial charge in [-0.05, 0) is 37.0 Å². The summed E-state index contributed by atoms with van der Waals surface area (Å²) in [5, 5.41) is 4.55. The smallest absolute Gasteiger partial charge is 0.166 e. The lowest BCUT2D eigenvalue weighted by atomic mass is 9.91. The van der Waals surface area contributed by atoms with Crippen LogP contribution in [-0.4, -0.2) is 10.8 Å². The number of pyridine rings is 1. The molecule has 0 radical (unpaired) electrons. The number of nitrogens with zero attached hydrogens (tertiary/aromatic N) is 1. The van der Waals surface area contributed by atoms with Crippen molar-refractivity contribution in [1.82, 2.24) is 4.98 Å². The highest BCUT2D eigenvalue weighted by Crippen LogP contribution is 2.34. The van der Waals surface area contributed by atoms with E-state index in [1.165, 1.54) is 11.1 Å². The van der Waals surface area contributed by atoms with Gasteiger partial charge < -0.3 is 5.32 Å². The van der Waals surface area contributed by atoms with Crippen LogP contribution in [0.25, 0.3) is 10.9 Å². The molecule has 2 aromatic carbocycles. The van der Waals surface area contributed by atoms with Crippen LogP contribution in [0.2, 0.25) is 0 Å². The molecule has 4 rings (SSSR count). The zero-order valence-electron chi connectivity index (χ0n) is 13.8. The van der Waals surface area contributed by atoms with E-state index < -0.39 is 0 Å². The van der Waals surface area contributed by atoms with Gasteiger partial charge in [0.25, 0.3) is 0 Å². The van der Waals surface area contributed by atoms with E-state index in [1.54, 1.807) is 0 Å². The Morgan fingerprint density at radius 3 is 2.75 bits per heavy atom. The Hall–Kier alpha value is -2.68. The Bertz CT molecular complexity index is 916. The number of Topliss-reactive ketones (excluding diaryl/α,β-unsaturated/α-hetero) is 1. The van der Waals surface area contributed by atoms with Crippen molar-refractivity contribution >= 4 is 22.4 Å². The summed E-state index contributed by atoms with van der Waals surface area (Å²) in [6, 6.07) is 16.5. The number of rotatable bonds is 3. The SMILES string of the molecule is Cc1ccc2c(NCc3ccccc3)c3c(nc2c1)CCCC3=O. The average Bonchev–Trinajstić information content (AvgIpc) is 2.59. The molecule has 0 unspecified atom stereocenters. The third-order valence-electron chi connectivity index (χ3n) is 4.62. The second kappa shape index (κ2) is 6.08. The Balaban J connectivity index is 1.84. The van der Waals surface area contributed by atoms with Crippen molar-refractivity contribution < 1.29 is 4.79 Å². The number of hydrogen-bond donors (Lipinski definition) is 1. The van der Waals surface area contributed by atoms with Crippen LogP contribution in [-0.2, 0) is 13.0 Å². The van der Waals surface area contributed by atoms with Crippen molar-refractivity contribution in [1.29, 1.82) is 0 Å². The molecule has 0 bridgehead atoms. The second-order valence-electron chi connectivity index (χ2n) is 6.44. The van der Waals surface area contributed by atoms with E-state index in [0.29, 0.717) is 13.0 Å². The molecule has 24 heavy (non-hydrogen) atoms. The lowest BCUT2D eigenvalue weighted by molar-refractivity contribution is 0.0972. The molecule has 0 atom stereocenters. The summed E-state index contributed by atoms with van der Waals surface area (Å²) in [5.41, 5.74) is 6.05. The highest BCUT2D eigenvalue weighted by atomic mass is 16.1. The van der Waals surface area contributed by atoms with Gasteiger partial charge in [-0.3, -0.25) is 9.78 Å². The molecule has 3 heteroatoms. The second-order valence-corrected chi connectivity index (χ2v) is 6.44. The van der Waals surface area contributed by atoms with E-state index in [2.05, 4.69) is 42.6 Å². The van der Waals surface area contributed by atoms with Crippen molar-refractivity contribution in [2.45, 2.75) is 32.7 Å². The minimum atomic E-state index is 0.210. The normalized spacial score (nSPS) is 13.8. The van der Waals surface area contributed by atoms with Crippen molar-refractivity contribution in [3.8, 4) is 0 Å². The predicted molar refractivity (Wildman–Crippen MR) is 97.5 cm³/mol. The van der Waals surface area contributed by atoms with Gasteiger partial charge in [0.1, 0.15) is 0 Å². The number of nitrogens with one attached hydrogen (secondary N) is 1. The Labute approximate surface area is 141 Å². The fraction of sp³-hybridized carbons (Fsp3) is 0.238. The number of hydrogen-bond acceptors (Lipinski definition) is 3. The number of fused-ring (bicyclic) bond motifs is 2. The van der Waals surface area contributed by atoms with Gasteiger partial charge in [-0.2, -0.15) is 0 Å². The van der Waals surface area contributed by atoms with Gasteiger partial charge in [0.2, 0.25) is 0 Å². The molecule has 1 N–H and O–H groups in total. The third-order valence-corrected chi connectivity index (χ3v) is 4.62. The zero-order chi connectivity index (χ0) is 16.5. The first-order chi connectivity index (χ1) is 11.7. The average molecular weight is 316 g/mol. The molecular formula is C21H20N2O. The molecule has 0 saturated heterocycles. The number of aryl methyl sites for hydroxylation is 2. The number of benzene rings is 2. The van der Waals surface area contributed by atoms with Gasteiger partial charge in [0.15, 0.2) is 5.78 Å². The van der Waals surface area contributed by atoms with E-state index in [1.807, 2.05) is 18.2 Å². The van der Waals surface area contributed by atoms with Crippen LogP contribution in [0.1, 0.15) is 40.0 Å². The molecular weight excluding hydrogens is 296 g/mol. The number of anilines is 1. The lowest BCUT2D eigenvalue weighted by Crippen LogP contribution is -2.16. The van der Waals surface area contributed by atoms with Gasteiger partial charge in [0.05, 0.1) is 22.5 Å². The van der Waals surface area contributed by atoms with Crippen molar-refractivity contribution in [3.05, 3.63) is 70.9 Å². The molecule has 120 valence electrons. The van der Waals surface area contributed by atoms with E-state index in [9.17, 15) is 4.79 Å². The van der Waals surface area contributed by atoms with Crippen molar-refractivity contribution in [2.75, 3.05) is 5.32 Å². The highest BCUT2D eigenvalue weighted by molar-refractivity contribution is 6.09. The highest BCUT2D eigenvalue weighted by Gasteiger charge is 2.24. The van der Waals surface area contributed by atoms with Crippen LogP contribution in [0.5, 0.6) is 0 Å².